The molecule has 0 saturated carbocycles. The first-order valence-electron chi connectivity index (χ1n) is 6.78. The second-order valence-electron chi connectivity index (χ2n) is 4.82. The molecule has 0 amide bonds. The van der Waals surface area contributed by atoms with Crippen LogP contribution in [0.3, 0.4) is 0 Å². The molecule has 0 bridgehead atoms. The average Bonchev–Trinajstić information content (AvgIpc) is 2.47. The Kier molecular flexibility index (Phi) is 4.74. The number of aryl methyl sites for hydroxylation is 1. The lowest BCUT2D eigenvalue weighted by Gasteiger charge is -2.15. The predicted molar refractivity (Wildman–Crippen MR) is 77.4 cm³/mol. The van der Waals surface area contributed by atoms with Crippen LogP contribution in [0.15, 0.2) is 42.5 Å². The Morgan fingerprint density at radius 3 is 2.75 bits per heavy atom. The van der Waals surface area contributed by atoms with Crippen LogP contribution in [0.5, 0.6) is 5.75 Å². The average molecular weight is 274 g/mol. The monoisotopic (exact) mass is 274 g/mol. The van der Waals surface area contributed by atoms with Crippen LogP contribution in [0.4, 0.5) is 4.39 Å². The van der Waals surface area contributed by atoms with Gasteiger partial charge in [-0.3, -0.25) is 0 Å². The maximum Gasteiger partial charge on any atom is 0.123 e. The fraction of sp³-hybridized carbons (Fsp3) is 0.294. The zero-order valence-electron chi connectivity index (χ0n) is 11.8. The number of ether oxygens (including phenoxy) is 1. The van der Waals surface area contributed by atoms with Gasteiger partial charge in [-0.2, -0.15) is 0 Å². The second kappa shape index (κ2) is 6.53. The first-order valence-corrected chi connectivity index (χ1v) is 6.78. The number of aliphatic hydroxyl groups is 1. The summed E-state index contributed by atoms with van der Waals surface area (Å²) in [5, 5.41) is 10.4. The molecular weight excluding hydrogens is 255 g/mol. The van der Waals surface area contributed by atoms with E-state index < -0.39 is 6.10 Å². The molecule has 0 aliphatic heterocycles. The maximum absolute atomic E-state index is 13.3. The molecule has 2 aromatic carbocycles. The van der Waals surface area contributed by atoms with Crippen LogP contribution >= 0.6 is 0 Å². The van der Waals surface area contributed by atoms with Gasteiger partial charge in [0, 0.05) is 0 Å². The molecule has 1 N–H and O–H groups in total. The number of aliphatic hydroxyl groups excluding tert-OH is 1. The van der Waals surface area contributed by atoms with Crippen LogP contribution in [0.1, 0.15) is 36.1 Å². The SMILES string of the molecule is CCCOc1cccc(C(O)c2cc(F)ccc2C)c1. The van der Waals surface area contributed by atoms with Crippen molar-refractivity contribution < 1.29 is 14.2 Å². The van der Waals surface area contributed by atoms with Crippen molar-refractivity contribution in [1.29, 1.82) is 0 Å². The zero-order valence-corrected chi connectivity index (χ0v) is 11.8. The molecule has 3 heteroatoms. The largest absolute Gasteiger partial charge is 0.494 e. The molecule has 0 spiro atoms. The summed E-state index contributed by atoms with van der Waals surface area (Å²) in [6, 6.07) is 11.7. The van der Waals surface area contributed by atoms with Gasteiger partial charge in [0.05, 0.1) is 6.61 Å². The van der Waals surface area contributed by atoms with Gasteiger partial charge in [-0.05, 0) is 54.3 Å². The maximum atomic E-state index is 13.3. The number of rotatable bonds is 5. The Hall–Kier alpha value is -1.87. The molecule has 0 aliphatic carbocycles. The number of hydrogen-bond acceptors (Lipinski definition) is 2. The van der Waals surface area contributed by atoms with Crippen molar-refractivity contribution in [2.24, 2.45) is 0 Å². The first kappa shape index (κ1) is 14.5. The summed E-state index contributed by atoms with van der Waals surface area (Å²) in [6.45, 7) is 4.53. The molecule has 2 nitrogen and oxygen atoms in total. The Morgan fingerprint density at radius 2 is 2.00 bits per heavy atom. The minimum absolute atomic E-state index is 0.344. The lowest BCUT2D eigenvalue weighted by atomic mass is 9.97. The fourth-order valence-electron chi connectivity index (χ4n) is 2.08. The molecule has 1 unspecified atom stereocenters. The first-order chi connectivity index (χ1) is 9.61. The number of halogens is 1. The van der Waals surface area contributed by atoms with E-state index in [0.717, 1.165) is 17.7 Å². The van der Waals surface area contributed by atoms with E-state index in [-0.39, 0.29) is 5.82 Å². The third-order valence-electron chi connectivity index (χ3n) is 3.18. The predicted octanol–water partition coefficient (Wildman–Crippen LogP) is 4.00. The quantitative estimate of drug-likeness (QED) is 0.892. The van der Waals surface area contributed by atoms with E-state index in [9.17, 15) is 9.50 Å². The highest BCUT2D eigenvalue weighted by Crippen LogP contribution is 2.27. The molecule has 20 heavy (non-hydrogen) atoms. The summed E-state index contributed by atoms with van der Waals surface area (Å²) in [5.41, 5.74) is 2.14. The van der Waals surface area contributed by atoms with E-state index >= 15 is 0 Å². The summed E-state index contributed by atoms with van der Waals surface area (Å²) in [6.07, 6.45) is 0.0753. The van der Waals surface area contributed by atoms with E-state index in [2.05, 4.69) is 0 Å². The molecule has 0 aromatic heterocycles. The summed E-state index contributed by atoms with van der Waals surface area (Å²) in [5.74, 6) is 0.375. The van der Waals surface area contributed by atoms with Crippen molar-refractivity contribution in [3.05, 3.63) is 65.0 Å². The van der Waals surface area contributed by atoms with Crippen molar-refractivity contribution in [2.75, 3.05) is 6.61 Å². The smallest absolute Gasteiger partial charge is 0.123 e. The van der Waals surface area contributed by atoms with Crippen molar-refractivity contribution >= 4 is 0 Å². The summed E-state index contributed by atoms with van der Waals surface area (Å²) >= 11 is 0. The summed E-state index contributed by atoms with van der Waals surface area (Å²) in [4.78, 5) is 0. The van der Waals surface area contributed by atoms with E-state index in [1.807, 2.05) is 32.0 Å². The minimum atomic E-state index is -0.851. The Labute approximate surface area is 118 Å². The molecule has 0 aliphatic rings. The van der Waals surface area contributed by atoms with Crippen LogP contribution in [0, 0.1) is 12.7 Å². The molecule has 2 aromatic rings. The molecular formula is C17H19FO2. The third-order valence-corrected chi connectivity index (χ3v) is 3.18. The van der Waals surface area contributed by atoms with Crippen molar-refractivity contribution in [1.82, 2.24) is 0 Å². The summed E-state index contributed by atoms with van der Waals surface area (Å²) in [7, 11) is 0. The lowest BCUT2D eigenvalue weighted by Crippen LogP contribution is -2.03. The van der Waals surface area contributed by atoms with Crippen molar-refractivity contribution in [2.45, 2.75) is 26.4 Å². The van der Waals surface area contributed by atoms with Crippen LogP contribution in [-0.2, 0) is 0 Å². The molecule has 0 radical (unpaired) electrons. The molecule has 0 fully saturated rings. The Balaban J connectivity index is 2.28. The number of hydrogen-bond donors (Lipinski definition) is 1. The van der Waals surface area contributed by atoms with Gasteiger partial charge in [-0.15, -0.1) is 0 Å². The lowest BCUT2D eigenvalue weighted by molar-refractivity contribution is 0.218. The standard InChI is InChI=1S/C17H19FO2/c1-3-9-20-15-6-4-5-13(10-15)17(19)16-11-14(18)8-7-12(16)2/h4-8,10-11,17,19H,3,9H2,1-2H3. The number of benzene rings is 2. The van der Waals surface area contributed by atoms with Crippen LogP contribution in [0.2, 0.25) is 0 Å². The second-order valence-corrected chi connectivity index (χ2v) is 4.82. The fourth-order valence-corrected chi connectivity index (χ4v) is 2.08. The van der Waals surface area contributed by atoms with Gasteiger partial charge < -0.3 is 9.84 Å². The third kappa shape index (κ3) is 3.36. The van der Waals surface area contributed by atoms with Gasteiger partial charge in [-0.1, -0.05) is 25.1 Å². The normalized spacial score (nSPS) is 12.2. The highest BCUT2D eigenvalue weighted by Gasteiger charge is 2.14. The van der Waals surface area contributed by atoms with Gasteiger partial charge in [0.15, 0.2) is 0 Å². The van der Waals surface area contributed by atoms with Crippen molar-refractivity contribution in [3.63, 3.8) is 0 Å². The van der Waals surface area contributed by atoms with E-state index in [4.69, 9.17) is 4.74 Å². The molecule has 0 saturated heterocycles. The highest BCUT2D eigenvalue weighted by atomic mass is 19.1. The van der Waals surface area contributed by atoms with Crippen molar-refractivity contribution in [3.8, 4) is 5.75 Å². The zero-order chi connectivity index (χ0) is 14.5. The summed E-state index contributed by atoms with van der Waals surface area (Å²) < 4.78 is 18.9. The molecule has 0 heterocycles. The Morgan fingerprint density at radius 1 is 1.20 bits per heavy atom. The van der Waals surface area contributed by atoms with Gasteiger partial charge in [0.25, 0.3) is 0 Å². The van der Waals surface area contributed by atoms with Gasteiger partial charge >= 0.3 is 0 Å². The molecule has 106 valence electrons. The van der Waals surface area contributed by atoms with Gasteiger partial charge in [0.2, 0.25) is 0 Å². The van der Waals surface area contributed by atoms with E-state index in [1.54, 1.807) is 12.1 Å². The molecule has 1 atom stereocenters. The van der Waals surface area contributed by atoms with Crippen LogP contribution in [0.25, 0.3) is 0 Å². The topological polar surface area (TPSA) is 29.5 Å². The highest BCUT2D eigenvalue weighted by molar-refractivity contribution is 5.38. The van der Waals surface area contributed by atoms with E-state index in [0.29, 0.717) is 17.7 Å². The van der Waals surface area contributed by atoms with E-state index in [1.165, 1.54) is 12.1 Å². The van der Waals surface area contributed by atoms with Gasteiger partial charge in [-0.25, -0.2) is 4.39 Å². The van der Waals surface area contributed by atoms with Gasteiger partial charge in [0.1, 0.15) is 17.7 Å². The molecule has 2 rings (SSSR count). The minimum Gasteiger partial charge on any atom is -0.494 e. The van der Waals surface area contributed by atoms with Crippen LogP contribution in [-0.4, -0.2) is 11.7 Å². The Bertz CT molecular complexity index is 581. The van der Waals surface area contributed by atoms with Crippen LogP contribution < -0.4 is 4.74 Å².